The van der Waals surface area contributed by atoms with E-state index in [1.165, 1.54) is 12.1 Å². The van der Waals surface area contributed by atoms with E-state index in [0.29, 0.717) is 32.4 Å². The van der Waals surface area contributed by atoms with Gasteiger partial charge in [0.25, 0.3) is 5.91 Å². The van der Waals surface area contributed by atoms with E-state index in [9.17, 15) is 14.0 Å². The van der Waals surface area contributed by atoms with Crippen LogP contribution in [0.1, 0.15) is 83.4 Å². The van der Waals surface area contributed by atoms with Gasteiger partial charge in [-0.25, -0.2) is 4.39 Å². The molecule has 0 radical (unpaired) electrons. The number of amides is 1. The minimum absolute atomic E-state index is 0.0939. The monoisotopic (exact) mass is 677 g/mol. The van der Waals surface area contributed by atoms with Gasteiger partial charge in [0, 0.05) is 23.3 Å². The molecule has 2 saturated heterocycles. The molecular weight excluding hydrogens is 629 g/mol. The molecule has 2 aliphatic heterocycles. The van der Waals surface area contributed by atoms with Crippen LogP contribution in [0.5, 0.6) is 5.75 Å². The number of fused-ring (bicyclic) bond motifs is 3. The Morgan fingerprint density at radius 3 is 2.26 bits per heavy atom. The smallest absolute Gasteiger partial charge is 0.313 e. The van der Waals surface area contributed by atoms with E-state index in [4.69, 9.17) is 14.2 Å². The normalized spacial score (nSPS) is 27.4. The predicted molar refractivity (Wildman–Crippen MR) is 192 cm³/mol. The Labute approximate surface area is 294 Å². The lowest BCUT2D eigenvalue weighted by Gasteiger charge is -2.53. The van der Waals surface area contributed by atoms with Crippen LogP contribution < -0.4 is 4.74 Å². The first-order valence-electron chi connectivity index (χ1n) is 17.9. The number of hydrogen-bond donors (Lipinski definition) is 0. The van der Waals surface area contributed by atoms with E-state index in [-0.39, 0.29) is 36.3 Å². The molecule has 4 aromatic carbocycles. The van der Waals surface area contributed by atoms with Crippen LogP contribution in [0, 0.1) is 22.1 Å². The molecule has 0 aromatic heterocycles. The summed E-state index contributed by atoms with van der Waals surface area (Å²) in [6.07, 6.45) is 1.32. The van der Waals surface area contributed by atoms with Crippen molar-refractivity contribution < 1.29 is 28.2 Å². The fourth-order valence-electron chi connectivity index (χ4n) is 8.86. The molecule has 262 valence electrons. The minimum Gasteiger partial charge on any atom is -0.488 e. The lowest BCUT2D eigenvalue weighted by atomic mass is 9.65. The average Bonchev–Trinajstić information content (AvgIpc) is 3.39. The van der Waals surface area contributed by atoms with Crippen molar-refractivity contribution >= 4 is 22.6 Å². The minimum atomic E-state index is -1.22. The largest absolute Gasteiger partial charge is 0.488 e. The zero-order chi connectivity index (χ0) is 35.5. The third kappa shape index (κ3) is 5.58. The molecule has 50 heavy (non-hydrogen) atoms. The van der Waals surface area contributed by atoms with Gasteiger partial charge in [-0.15, -0.1) is 0 Å². The summed E-state index contributed by atoms with van der Waals surface area (Å²) in [5, 5.41) is 2.07. The summed E-state index contributed by atoms with van der Waals surface area (Å²) >= 11 is 0. The van der Waals surface area contributed by atoms with Crippen molar-refractivity contribution in [1.82, 2.24) is 4.90 Å². The van der Waals surface area contributed by atoms with Gasteiger partial charge in [0.05, 0.1) is 24.2 Å². The SMILES string of the molecule is CC(C)(C)C1[C@H](OCc2cc(OCc3ccccc3)c3ccccc3c2)[C@@H](c2ccc(F)cc2)CCN1C(=O)[C@@]12CC[C@@](C)(C(=O)O1)C2(C)C. The summed E-state index contributed by atoms with van der Waals surface area (Å²) in [6, 6.07) is 28.8. The highest BCUT2D eigenvalue weighted by molar-refractivity contribution is 5.96. The lowest BCUT2D eigenvalue weighted by molar-refractivity contribution is -0.184. The molecule has 5 atom stereocenters. The van der Waals surface area contributed by atoms with Crippen molar-refractivity contribution in [3.63, 3.8) is 0 Å². The Hall–Kier alpha value is -4.23. The number of piperidine rings is 1. The maximum atomic E-state index is 15.0. The fraction of sp³-hybridized carbons (Fsp3) is 0.442. The summed E-state index contributed by atoms with van der Waals surface area (Å²) in [7, 11) is 0. The van der Waals surface area contributed by atoms with Gasteiger partial charge in [-0.1, -0.05) is 101 Å². The maximum Gasteiger partial charge on any atom is 0.313 e. The number of carbonyl (C=O) groups is 2. The molecule has 1 saturated carbocycles. The highest BCUT2D eigenvalue weighted by Crippen LogP contribution is 2.66. The third-order valence-electron chi connectivity index (χ3n) is 12.2. The summed E-state index contributed by atoms with van der Waals surface area (Å²) in [5.41, 5.74) is 0.00893. The highest BCUT2D eigenvalue weighted by atomic mass is 19.1. The van der Waals surface area contributed by atoms with E-state index in [1.54, 1.807) is 0 Å². The van der Waals surface area contributed by atoms with Gasteiger partial charge >= 0.3 is 5.97 Å². The van der Waals surface area contributed by atoms with Gasteiger partial charge in [-0.05, 0) is 77.9 Å². The number of halogens is 1. The third-order valence-corrected chi connectivity index (χ3v) is 12.2. The second kappa shape index (κ2) is 12.5. The summed E-state index contributed by atoms with van der Waals surface area (Å²) in [4.78, 5) is 30.1. The van der Waals surface area contributed by atoms with Crippen LogP contribution in [-0.2, 0) is 32.3 Å². The Bertz CT molecular complexity index is 1900. The molecule has 2 heterocycles. The van der Waals surface area contributed by atoms with Gasteiger partial charge in [0.2, 0.25) is 0 Å². The first-order valence-corrected chi connectivity index (χ1v) is 17.9. The van der Waals surface area contributed by atoms with Crippen LogP contribution >= 0.6 is 0 Å². The highest BCUT2D eigenvalue weighted by Gasteiger charge is 2.76. The summed E-state index contributed by atoms with van der Waals surface area (Å²) in [6.45, 7) is 13.5. The van der Waals surface area contributed by atoms with Crippen molar-refractivity contribution in [2.45, 2.75) is 97.7 Å². The molecule has 7 rings (SSSR count). The number of likely N-dealkylation sites (tertiary alicyclic amines) is 1. The summed E-state index contributed by atoms with van der Waals surface area (Å²) < 4.78 is 33.7. The van der Waals surface area contributed by atoms with Crippen molar-refractivity contribution in [2.24, 2.45) is 16.2 Å². The van der Waals surface area contributed by atoms with E-state index in [2.05, 4.69) is 45.0 Å². The molecule has 3 fully saturated rings. The molecule has 4 aromatic rings. The Morgan fingerprint density at radius 1 is 0.900 bits per heavy atom. The number of esters is 1. The molecule has 1 aliphatic carbocycles. The van der Waals surface area contributed by atoms with Gasteiger partial charge in [0.1, 0.15) is 18.2 Å². The lowest BCUT2D eigenvalue weighted by Crippen LogP contribution is -2.65. The Morgan fingerprint density at radius 2 is 1.60 bits per heavy atom. The van der Waals surface area contributed by atoms with Crippen molar-refractivity contribution in [2.75, 3.05) is 6.54 Å². The zero-order valence-electron chi connectivity index (χ0n) is 30.0. The maximum absolute atomic E-state index is 15.0. The quantitative estimate of drug-likeness (QED) is 0.174. The first-order chi connectivity index (χ1) is 23.7. The molecule has 6 nitrogen and oxygen atoms in total. The van der Waals surface area contributed by atoms with Crippen LogP contribution in [0.3, 0.4) is 0 Å². The van der Waals surface area contributed by atoms with Gasteiger partial charge < -0.3 is 19.1 Å². The van der Waals surface area contributed by atoms with Crippen molar-refractivity contribution in [3.8, 4) is 5.75 Å². The molecule has 0 spiro atoms. The standard InChI is InChI=1S/C43H48FNO5/c1-40(2,3)37-36(49-27-29-24-31-14-10-11-15-33(31)35(25-29)48-26-28-12-8-7-9-13-28)34(30-16-18-32(44)19-17-30)20-23-45(37)38(46)43-22-21-42(6,39(47)50-43)41(43,4)5/h7-19,24-25,34,36-37H,20-23,26-27H2,1-6H3/t34-,36-,37?,42+,43-/m1/s1. The number of nitrogens with zero attached hydrogens (tertiary/aromatic N) is 1. The van der Waals surface area contributed by atoms with Crippen LogP contribution in [0.15, 0.2) is 91.0 Å². The Balaban J connectivity index is 1.24. The van der Waals surface area contributed by atoms with Crippen LogP contribution in [0.2, 0.25) is 0 Å². The van der Waals surface area contributed by atoms with E-state index in [0.717, 1.165) is 33.2 Å². The molecule has 1 unspecified atom stereocenters. The van der Waals surface area contributed by atoms with Gasteiger partial charge in [0.15, 0.2) is 5.60 Å². The Kier molecular flexibility index (Phi) is 8.57. The predicted octanol–water partition coefficient (Wildman–Crippen LogP) is 9.00. The number of carbonyl (C=O) groups excluding carboxylic acids is 2. The van der Waals surface area contributed by atoms with E-state index in [1.807, 2.05) is 80.3 Å². The van der Waals surface area contributed by atoms with E-state index >= 15 is 0 Å². The summed E-state index contributed by atoms with van der Waals surface area (Å²) in [5.74, 6) is -0.0275. The molecule has 3 aliphatic rings. The van der Waals surface area contributed by atoms with Crippen LogP contribution in [0.25, 0.3) is 10.8 Å². The second-order valence-electron chi connectivity index (χ2n) is 16.3. The van der Waals surface area contributed by atoms with Gasteiger partial charge in [-0.2, -0.15) is 0 Å². The molecule has 7 heteroatoms. The molecular formula is C43H48FNO5. The number of rotatable bonds is 8. The number of hydrogen-bond acceptors (Lipinski definition) is 5. The number of benzene rings is 4. The van der Waals surface area contributed by atoms with Crippen LogP contribution in [0.4, 0.5) is 4.39 Å². The van der Waals surface area contributed by atoms with Gasteiger partial charge in [-0.3, -0.25) is 9.59 Å². The van der Waals surface area contributed by atoms with Crippen molar-refractivity contribution in [1.29, 1.82) is 0 Å². The fourth-order valence-corrected chi connectivity index (χ4v) is 8.86. The second-order valence-corrected chi connectivity index (χ2v) is 16.3. The zero-order valence-corrected chi connectivity index (χ0v) is 30.0. The topological polar surface area (TPSA) is 65.1 Å². The molecule has 0 N–H and O–H groups in total. The van der Waals surface area contributed by atoms with E-state index < -0.39 is 27.9 Å². The average molecular weight is 678 g/mol. The molecule has 2 bridgehead atoms. The van der Waals surface area contributed by atoms with Crippen molar-refractivity contribution in [3.05, 3.63) is 114 Å². The molecule has 1 amide bonds. The first kappa shape index (κ1) is 34.2. The number of ether oxygens (including phenoxy) is 3. The van der Waals surface area contributed by atoms with Crippen LogP contribution in [-0.4, -0.2) is 41.1 Å².